The zero-order chi connectivity index (χ0) is 16.2. The van der Waals surface area contributed by atoms with Crippen LogP contribution in [0.5, 0.6) is 5.75 Å². The highest BCUT2D eigenvalue weighted by Gasteiger charge is 2.19. The van der Waals surface area contributed by atoms with Crippen molar-refractivity contribution in [2.75, 3.05) is 20.2 Å². The molecule has 1 amide bonds. The molecule has 0 N–H and O–H groups in total. The summed E-state index contributed by atoms with van der Waals surface area (Å²) in [6.07, 6.45) is 2.05. The quantitative estimate of drug-likeness (QED) is 0.859. The van der Waals surface area contributed by atoms with Gasteiger partial charge < -0.3 is 9.64 Å². The number of ether oxygens (including phenoxy) is 1. The van der Waals surface area contributed by atoms with Crippen LogP contribution in [0.15, 0.2) is 41.2 Å². The van der Waals surface area contributed by atoms with Gasteiger partial charge in [0.05, 0.1) is 12.8 Å². The van der Waals surface area contributed by atoms with Gasteiger partial charge in [0, 0.05) is 24.7 Å². The molecule has 0 atom stereocenters. The smallest absolute Gasteiger partial charge is 0.267 e. The molecule has 1 saturated heterocycles. The van der Waals surface area contributed by atoms with Crippen LogP contribution in [0, 0.1) is 0 Å². The topological polar surface area (TPSA) is 64.4 Å². The Morgan fingerprint density at radius 2 is 1.91 bits per heavy atom. The lowest BCUT2D eigenvalue weighted by Gasteiger charge is -2.16. The number of para-hydroxylation sites is 1. The van der Waals surface area contributed by atoms with Crippen molar-refractivity contribution in [3.05, 3.63) is 46.8 Å². The van der Waals surface area contributed by atoms with Crippen LogP contribution in [0.2, 0.25) is 0 Å². The van der Waals surface area contributed by atoms with Gasteiger partial charge in [0.25, 0.3) is 5.56 Å². The van der Waals surface area contributed by atoms with E-state index in [2.05, 4.69) is 5.10 Å². The number of benzene rings is 1. The number of nitrogens with zero attached hydrogens (tertiary/aromatic N) is 3. The molecule has 0 aliphatic carbocycles. The van der Waals surface area contributed by atoms with E-state index in [0.717, 1.165) is 31.5 Å². The van der Waals surface area contributed by atoms with E-state index in [1.807, 2.05) is 24.3 Å². The first-order valence-electron chi connectivity index (χ1n) is 7.68. The van der Waals surface area contributed by atoms with E-state index in [9.17, 15) is 9.59 Å². The first-order valence-corrected chi connectivity index (χ1v) is 7.68. The van der Waals surface area contributed by atoms with Crippen LogP contribution < -0.4 is 10.3 Å². The maximum Gasteiger partial charge on any atom is 0.267 e. The lowest BCUT2D eigenvalue weighted by molar-refractivity contribution is -0.131. The number of aromatic nitrogens is 2. The Morgan fingerprint density at radius 3 is 2.65 bits per heavy atom. The van der Waals surface area contributed by atoms with Crippen LogP contribution in [0.25, 0.3) is 11.3 Å². The fraction of sp³-hybridized carbons (Fsp3) is 0.353. The van der Waals surface area contributed by atoms with Crippen LogP contribution in [-0.2, 0) is 11.3 Å². The van der Waals surface area contributed by atoms with Gasteiger partial charge in [-0.1, -0.05) is 12.1 Å². The summed E-state index contributed by atoms with van der Waals surface area (Å²) in [4.78, 5) is 26.0. The summed E-state index contributed by atoms with van der Waals surface area (Å²) in [5.74, 6) is 0.616. The molecule has 6 nitrogen and oxygen atoms in total. The predicted octanol–water partition coefficient (Wildman–Crippen LogP) is 1.54. The summed E-state index contributed by atoms with van der Waals surface area (Å²) in [7, 11) is 1.59. The van der Waals surface area contributed by atoms with Crippen LogP contribution in [0.3, 0.4) is 0 Å². The van der Waals surface area contributed by atoms with Gasteiger partial charge in [0.15, 0.2) is 0 Å². The molecule has 3 rings (SSSR count). The third-order valence-corrected chi connectivity index (χ3v) is 3.99. The molecule has 0 saturated carbocycles. The minimum Gasteiger partial charge on any atom is -0.496 e. The van der Waals surface area contributed by atoms with E-state index < -0.39 is 0 Å². The minimum absolute atomic E-state index is 0.0260. The van der Waals surface area contributed by atoms with Crippen molar-refractivity contribution in [3.63, 3.8) is 0 Å². The van der Waals surface area contributed by atoms with Gasteiger partial charge in [-0.05, 0) is 31.0 Å². The molecule has 0 radical (unpaired) electrons. The van der Waals surface area contributed by atoms with E-state index in [4.69, 9.17) is 4.74 Å². The van der Waals surface area contributed by atoms with E-state index in [1.54, 1.807) is 18.1 Å². The van der Waals surface area contributed by atoms with E-state index in [1.165, 1.54) is 10.7 Å². The van der Waals surface area contributed by atoms with Crippen LogP contribution >= 0.6 is 0 Å². The Bertz CT molecular complexity index is 764. The number of carbonyl (C=O) groups excluding carboxylic acids is 1. The first kappa shape index (κ1) is 15.3. The van der Waals surface area contributed by atoms with Crippen LogP contribution in [0.4, 0.5) is 0 Å². The molecule has 1 aromatic heterocycles. The largest absolute Gasteiger partial charge is 0.496 e. The van der Waals surface area contributed by atoms with Crippen LogP contribution in [0.1, 0.15) is 12.8 Å². The van der Waals surface area contributed by atoms with Crippen LogP contribution in [-0.4, -0.2) is 40.8 Å². The summed E-state index contributed by atoms with van der Waals surface area (Å²) < 4.78 is 6.55. The number of carbonyl (C=O) groups is 1. The number of amides is 1. The molecule has 2 aromatic rings. The monoisotopic (exact) mass is 313 g/mol. The molecular weight excluding hydrogens is 294 g/mol. The Balaban J connectivity index is 1.90. The molecular formula is C17H19N3O3. The van der Waals surface area contributed by atoms with Crippen molar-refractivity contribution >= 4 is 5.91 Å². The molecule has 2 heterocycles. The Kier molecular flexibility index (Phi) is 4.41. The standard InChI is InChI=1S/C17H19N3O3/c1-23-15-7-3-2-6-13(15)14-8-9-16(21)20(18-14)12-17(22)19-10-4-5-11-19/h2-3,6-9H,4-5,10-12H2,1H3. The Labute approximate surface area is 134 Å². The molecule has 1 fully saturated rings. The highest BCUT2D eigenvalue weighted by Crippen LogP contribution is 2.27. The van der Waals surface area contributed by atoms with Gasteiger partial charge in [0.1, 0.15) is 12.3 Å². The average Bonchev–Trinajstić information content (AvgIpc) is 3.11. The zero-order valence-corrected chi connectivity index (χ0v) is 13.1. The van der Waals surface area contributed by atoms with Gasteiger partial charge in [-0.2, -0.15) is 5.10 Å². The molecule has 120 valence electrons. The van der Waals surface area contributed by atoms with Crippen molar-refractivity contribution in [3.8, 4) is 17.0 Å². The Hall–Kier alpha value is -2.63. The second-order valence-corrected chi connectivity index (χ2v) is 5.50. The summed E-state index contributed by atoms with van der Waals surface area (Å²) in [6.45, 7) is 1.50. The third-order valence-electron chi connectivity index (χ3n) is 3.99. The highest BCUT2D eigenvalue weighted by atomic mass is 16.5. The molecule has 1 aliphatic heterocycles. The summed E-state index contributed by atoms with van der Waals surface area (Å²) in [5.41, 5.74) is 1.12. The molecule has 23 heavy (non-hydrogen) atoms. The van der Waals surface area contributed by atoms with Crippen molar-refractivity contribution in [1.82, 2.24) is 14.7 Å². The van der Waals surface area contributed by atoms with Gasteiger partial charge in [0.2, 0.25) is 5.91 Å². The predicted molar refractivity (Wildman–Crippen MR) is 86.3 cm³/mol. The third kappa shape index (κ3) is 3.26. The molecule has 0 bridgehead atoms. The lowest BCUT2D eigenvalue weighted by atomic mass is 10.1. The maximum atomic E-state index is 12.2. The normalized spacial score (nSPS) is 14.0. The van der Waals surface area contributed by atoms with Gasteiger partial charge in [-0.15, -0.1) is 0 Å². The number of likely N-dealkylation sites (tertiary alicyclic amines) is 1. The van der Waals surface area contributed by atoms with E-state index in [-0.39, 0.29) is 18.0 Å². The summed E-state index contributed by atoms with van der Waals surface area (Å²) >= 11 is 0. The Morgan fingerprint density at radius 1 is 1.17 bits per heavy atom. The van der Waals surface area contributed by atoms with Crippen molar-refractivity contribution in [1.29, 1.82) is 0 Å². The average molecular weight is 313 g/mol. The fourth-order valence-electron chi connectivity index (χ4n) is 2.76. The number of methoxy groups -OCH3 is 1. The van der Waals surface area contributed by atoms with Crippen molar-refractivity contribution in [2.24, 2.45) is 0 Å². The zero-order valence-electron chi connectivity index (χ0n) is 13.1. The molecule has 0 spiro atoms. The van der Waals surface area contributed by atoms with Gasteiger partial charge >= 0.3 is 0 Å². The SMILES string of the molecule is COc1ccccc1-c1ccc(=O)n(CC(=O)N2CCCC2)n1. The number of rotatable bonds is 4. The lowest BCUT2D eigenvalue weighted by Crippen LogP contribution is -2.35. The maximum absolute atomic E-state index is 12.2. The van der Waals surface area contributed by atoms with E-state index in [0.29, 0.717) is 11.4 Å². The number of hydrogen-bond acceptors (Lipinski definition) is 4. The molecule has 0 unspecified atom stereocenters. The summed E-state index contributed by atoms with van der Waals surface area (Å²) in [5, 5.41) is 4.34. The fourth-order valence-corrected chi connectivity index (χ4v) is 2.76. The van der Waals surface area contributed by atoms with E-state index >= 15 is 0 Å². The second-order valence-electron chi connectivity index (χ2n) is 5.50. The van der Waals surface area contributed by atoms with Crippen molar-refractivity contribution < 1.29 is 9.53 Å². The molecule has 1 aromatic carbocycles. The molecule has 6 heteroatoms. The summed E-state index contributed by atoms with van der Waals surface area (Å²) in [6, 6.07) is 10.5. The minimum atomic E-state index is -0.281. The number of hydrogen-bond donors (Lipinski definition) is 0. The molecule has 1 aliphatic rings. The van der Waals surface area contributed by atoms with Gasteiger partial charge in [-0.3, -0.25) is 9.59 Å². The highest BCUT2D eigenvalue weighted by molar-refractivity contribution is 5.76. The first-order chi connectivity index (χ1) is 11.2. The van der Waals surface area contributed by atoms with Crippen molar-refractivity contribution in [2.45, 2.75) is 19.4 Å². The van der Waals surface area contributed by atoms with Gasteiger partial charge in [-0.25, -0.2) is 4.68 Å². The second kappa shape index (κ2) is 6.64.